The van der Waals surface area contributed by atoms with Crippen LogP contribution in [0.2, 0.25) is 0 Å². The van der Waals surface area contributed by atoms with Gasteiger partial charge in [-0.15, -0.1) is 0 Å². The van der Waals surface area contributed by atoms with E-state index in [1.54, 1.807) is 0 Å². The van der Waals surface area contributed by atoms with Crippen LogP contribution >= 0.6 is 0 Å². The number of rotatable bonds is 1. The summed E-state index contributed by atoms with van der Waals surface area (Å²) in [4.78, 5) is 0. The monoisotopic (exact) mass is 170 g/mol. The van der Waals surface area contributed by atoms with Crippen LogP contribution in [0.3, 0.4) is 0 Å². The van der Waals surface area contributed by atoms with E-state index in [4.69, 9.17) is 5.11 Å². The summed E-state index contributed by atoms with van der Waals surface area (Å²) in [6.45, 7) is 1.27. The van der Waals surface area contributed by atoms with E-state index in [0.29, 0.717) is 5.56 Å². The highest BCUT2D eigenvalue weighted by Gasteiger charge is 1.99. The van der Waals surface area contributed by atoms with Crippen molar-refractivity contribution in [2.45, 2.75) is 6.92 Å². The predicted octanol–water partition coefficient (Wildman–Crippen LogP) is 2.86. The maximum Gasteiger partial charge on any atom is 0.165 e. The van der Waals surface area contributed by atoms with E-state index in [2.05, 4.69) is 0 Å². The average Bonchev–Trinajstić information content (AvgIpc) is 1.96. The third-order valence-corrected chi connectivity index (χ3v) is 1.34. The van der Waals surface area contributed by atoms with E-state index >= 15 is 0 Å². The first kappa shape index (κ1) is 8.71. The minimum atomic E-state index is -0.745. The molecule has 64 valence electrons. The molecule has 3 heteroatoms. The summed E-state index contributed by atoms with van der Waals surface area (Å²) in [5.74, 6) is -1.58. The van der Waals surface area contributed by atoms with Gasteiger partial charge in [-0.05, 0) is 30.7 Å². The average molecular weight is 170 g/mol. The molecule has 0 aliphatic carbocycles. The van der Waals surface area contributed by atoms with Crippen LogP contribution in [0.4, 0.5) is 8.78 Å². The van der Waals surface area contributed by atoms with Gasteiger partial charge in [0.05, 0.1) is 5.83 Å². The first-order valence-electron chi connectivity index (χ1n) is 3.42. The zero-order chi connectivity index (χ0) is 9.14. The van der Waals surface area contributed by atoms with Crippen LogP contribution in [0.5, 0.6) is 5.75 Å². The van der Waals surface area contributed by atoms with E-state index in [1.807, 2.05) is 0 Å². The van der Waals surface area contributed by atoms with E-state index in [1.165, 1.54) is 25.1 Å². The highest BCUT2D eigenvalue weighted by Crippen LogP contribution is 2.17. The minimum absolute atomic E-state index is 0.394. The van der Waals surface area contributed by atoms with Crippen LogP contribution in [-0.4, -0.2) is 5.11 Å². The molecule has 0 aliphatic heterocycles. The van der Waals surface area contributed by atoms with Gasteiger partial charge in [0.1, 0.15) is 0 Å². The lowest BCUT2D eigenvalue weighted by Gasteiger charge is -1.96. The molecule has 0 spiro atoms. The highest BCUT2D eigenvalue weighted by atomic mass is 19.1. The molecule has 0 saturated heterocycles. The predicted molar refractivity (Wildman–Crippen MR) is 42.8 cm³/mol. The fraction of sp³-hybridized carbons (Fsp3) is 0.111. The second-order valence-corrected chi connectivity index (χ2v) is 2.44. The summed E-state index contributed by atoms with van der Waals surface area (Å²) in [7, 11) is 0. The third kappa shape index (κ3) is 2.05. The van der Waals surface area contributed by atoms with Crippen LogP contribution in [-0.2, 0) is 0 Å². The molecule has 1 rings (SSSR count). The van der Waals surface area contributed by atoms with Gasteiger partial charge in [-0.25, -0.2) is 8.78 Å². The van der Waals surface area contributed by atoms with Crippen molar-refractivity contribution in [1.29, 1.82) is 0 Å². The van der Waals surface area contributed by atoms with Crippen LogP contribution in [0.1, 0.15) is 12.5 Å². The van der Waals surface area contributed by atoms with Crippen LogP contribution in [0, 0.1) is 5.82 Å². The summed E-state index contributed by atoms with van der Waals surface area (Å²) < 4.78 is 24.9. The largest absolute Gasteiger partial charge is 0.505 e. The molecule has 1 aromatic carbocycles. The molecule has 0 aliphatic rings. The zero-order valence-electron chi connectivity index (χ0n) is 6.51. The maximum atomic E-state index is 12.6. The normalized spacial score (nSPS) is 11.8. The van der Waals surface area contributed by atoms with Crippen molar-refractivity contribution in [1.82, 2.24) is 0 Å². The summed E-state index contributed by atoms with van der Waals surface area (Å²) in [6.07, 6.45) is 1.18. The van der Waals surface area contributed by atoms with E-state index in [-0.39, 0.29) is 0 Å². The second-order valence-electron chi connectivity index (χ2n) is 2.44. The Morgan fingerprint density at radius 1 is 1.50 bits per heavy atom. The molecule has 1 N–H and O–H groups in total. The number of hydrogen-bond donors (Lipinski definition) is 1. The van der Waals surface area contributed by atoms with Gasteiger partial charge in [0, 0.05) is 0 Å². The molecule has 0 saturated carbocycles. The molecule has 0 aromatic heterocycles. The third-order valence-electron chi connectivity index (χ3n) is 1.34. The Balaban J connectivity index is 3.05. The fourth-order valence-electron chi connectivity index (χ4n) is 0.843. The Labute approximate surface area is 69.0 Å². The summed E-state index contributed by atoms with van der Waals surface area (Å²) in [6, 6.07) is 3.68. The standard InChI is InChI=1S/C9H8F2O/c1-6(10)4-7-2-3-9(12)8(11)5-7/h2-5,12H,1H3. The number of phenolic OH excluding ortho intramolecular Hbond substituents is 1. The fourth-order valence-corrected chi connectivity index (χ4v) is 0.843. The molecular weight excluding hydrogens is 162 g/mol. The van der Waals surface area contributed by atoms with Crippen molar-refractivity contribution in [3.63, 3.8) is 0 Å². The first-order valence-corrected chi connectivity index (χ1v) is 3.42. The van der Waals surface area contributed by atoms with Crippen LogP contribution < -0.4 is 0 Å². The molecule has 0 bridgehead atoms. The van der Waals surface area contributed by atoms with Crippen molar-refractivity contribution < 1.29 is 13.9 Å². The molecule has 1 aromatic rings. The van der Waals surface area contributed by atoms with E-state index in [0.717, 1.165) is 6.07 Å². The number of allylic oxidation sites excluding steroid dienone is 1. The molecule has 0 fully saturated rings. The van der Waals surface area contributed by atoms with Crippen molar-refractivity contribution in [2.24, 2.45) is 0 Å². The van der Waals surface area contributed by atoms with Gasteiger partial charge in [0.2, 0.25) is 0 Å². The lowest BCUT2D eigenvalue weighted by atomic mass is 10.2. The Kier molecular flexibility index (Phi) is 2.43. The van der Waals surface area contributed by atoms with E-state index in [9.17, 15) is 8.78 Å². The summed E-state index contributed by atoms with van der Waals surface area (Å²) in [5.41, 5.74) is 0.394. The molecule has 0 atom stereocenters. The Bertz CT molecular complexity index is 314. The number of halogens is 2. The van der Waals surface area contributed by atoms with Gasteiger partial charge in [-0.1, -0.05) is 6.07 Å². The molecule has 0 unspecified atom stereocenters. The van der Waals surface area contributed by atoms with Crippen molar-refractivity contribution >= 4 is 6.08 Å². The van der Waals surface area contributed by atoms with Gasteiger partial charge in [0.15, 0.2) is 11.6 Å². The van der Waals surface area contributed by atoms with Gasteiger partial charge in [-0.3, -0.25) is 0 Å². The van der Waals surface area contributed by atoms with Crippen molar-refractivity contribution in [2.75, 3.05) is 0 Å². The maximum absolute atomic E-state index is 12.6. The molecule has 12 heavy (non-hydrogen) atoms. The molecular formula is C9H8F2O. The number of hydrogen-bond acceptors (Lipinski definition) is 1. The highest BCUT2D eigenvalue weighted by molar-refractivity contribution is 5.52. The lowest BCUT2D eigenvalue weighted by Crippen LogP contribution is -1.78. The quantitative estimate of drug-likeness (QED) is 0.687. The number of benzene rings is 1. The SMILES string of the molecule is CC(F)=Cc1ccc(O)c(F)c1. The van der Waals surface area contributed by atoms with Crippen LogP contribution in [0.15, 0.2) is 24.0 Å². The number of aromatic hydroxyl groups is 1. The summed E-state index contributed by atoms with van der Waals surface area (Å²) in [5, 5.41) is 8.79. The molecule has 0 heterocycles. The number of phenols is 1. The van der Waals surface area contributed by atoms with Gasteiger partial charge < -0.3 is 5.11 Å². The summed E-state index contributed by atoms with van der Waals surface area (Å²) >= 11 is 0. The van der Waals surface area contributed by atoms with Gasteiger partial charge in [-0.2, -0.15) is 0 Å². The van der Waals surface area contributed by atoms with Gasteiger partial charge in [0.25, 0.3) is 0 Å². The zero-order valence-corrected chi connectivity index (χ0v) is 6.51. The topological polar surface area (TPSA) is 20.2 Å². The van der Waals surface area contributed by atoms with Crippen molar-refractivity contribution in [3.05, 3.63) is 35.4 Å². The van der Waals surface area contributed by atoms with E-state index < -0.39 is 17.4 Å². The molecule has 0 radical (unpaired) electrons. The Morgan fingerprint density at radius 2 is 2.17 bits per heavy atom. The molecule has 0 amide bonds. The molecule has 1 nitrogen and oxygen atoms in total. The Morgan fingerprint density at radius 3 is 2.67 bits per heavy atom. The van der Waals surface area contributed by atoms with Gasteiger partial charge >= 0.3 is 0 Å². The lowest BCUT2D eigenvalue weighted by molar-refractivity contribution is 0.432. The Hall–Kier alpha value is -1.38. The smallest absolute Gasteiger partial charge is 0.165 e. The second kappa shape index (κ2) is 3.34. The van der Waals surface area contributed by atoms with Crippen molar-refractivity contribution in [3.8, 4) is 5.75 Å². The first-order chi connectivity index (χ1) is 5.59. The van der Waals surface area contributed by atoms with Crippen LogP contribution in [0.25, 0.3) is 6.08 Å². The minimum Gasteiger partial charge on any atom is -0.505 e.